The lowest BCUT2D eigenvalue weighted by molar-refractivity contribution is 0.193. The third-order valence-corrected chi connectivity index (χ3v) is 4.30. The van der Waals surface area contributed by atoms with Crippen LogP contribution in [-0.4, -0.2) is 0 Å². The second-order valence-electron chi connectivity index (χ2n) is 6.21. The predicted octanol–water partition coefficient (Wildman–Crippen LogP) is 4.21. The molecule has 0 heterocycles. The van der Waals surface area contributed by atoms with Gasteiger partial charge in [-0.05, 0) is 61.1 Å². The van der Waals surface area contributed by atoms with E-state index in [-0.39, 0.29) is 11.9 Å². The monoisotopic (exact) mass is 249 g/mol. The molecule has 1 aromatic carbocycles. The first-order valence-electron chi connectivity index (χ1n) is 6.99. The van der Waals surface area contributed by atoms with Crippen LogP contribution in [0, 0.1) is 30.5 Å². The molecule has 0 spiro atoms. The van der Waals surface area contributed by atoms with Crippen molar-refractivity contribution in [2.45, 2.75) is 46.1 Å². The zero-order valence-electron chi connectivity index (χ0n) is 11.6. The molecule has 2 heteroatoms. The van der Waals surface area contributed by atoms with Crippen LogP contribution in [0.3, 0.4) is 0 Å². The highest BCUT2D eigenvalue weighted by Gasteiger charge is 2.29. The van der Waals surface area contributed by atoms with Crippen LogP contribution in [0.5, 0.6) is 0 Å². The Morgan fingerprint density at radius 2 is 1.78 bits per heavy atom. The van der Waals surface area contributed by atoms with E-state index in [4.69, 9.17) is 5.73 Å². The summed E-state index contributed by atoms with van der Waals surface area (Å²) < 4.78 is 13.6. The van der Waals surface area contributed by atoms with Crippen LogP contribution < -0.4 is 5.73 Å². The number of hydrogen-bond donors (Lipinski definition) is 1. The van der Waals surface area contributed by atoms with Crippen molar-refractivity contribution < 1.29 is 4.39 Å². The van der Waals surface area contributed by atoms with Gasteiger partial charge in [0.25, 0.3) is 0 Å². The van der Waals surface area contributed by atoms with Crippen molar-refractivity contribution in [1.29, 1.82) is 0 Å². The number of rotatable bonds is 2. The smallest absolute Gasteiger partial charge is 0.126 e. The molecule has 0 aromatic heterocycles. The molecule has 0 saturated heterocycles. The minimum absolute atomic E-state index is 0.0229. The Hall–Kier alpha value is -0.890. The fourth-order valence-corrected chi connectivity index (χ4v) is 3.39. The van der Waals surface area contributed by atoms with Crippen molar-refractivity contribution in [3.63, 3.8) is 0 Å². The van der Waals surface area contributed by atoms with Crippen LogP contribution in [0.15, 0.2) is 18.2 Å². The summed E-state index contributed by atoms with van der Waals surface area (Å²) in [7, 11) is 0. The molecule has 2 rings (SSSR count). The molecule has 1 aromatic rings. The quantitative estimate of drug-likeness (QED) is 0.835. The lowest BCUT2D eigenvalue weighted by Crippen LogP contribution is -2.29. The molecule has 1 aliphatic carbocycles. The summed E-state index contributed by atoms with van der Waals surface area (Å²) in [6.07, 6.45) is 3.63. The summed E-state index contributed by atoms with van der Waals surface area (Å²) in [6, 6.07) is 5.40. The first kappa shape index (κ1) is 13.5. The maximum Gasteiger partial charge on any atom is 0.126 e. The van der Waals surface area contributed by atoms with Crippen molar-refractivity contribution in [3.8, 4) is 0 Å². The largest absolute Gasteiger partial charge is 0.324 e. The molecule has 0 amide bonds. The minimum atomic E-state index is -0.139. The van der Waals surface area contributed by atoms with Crippen LogP contribution >= 0.6 is 0 Å². The summed E-state index contributed by atoms with van der Waals surface area (Å²) in [6.45, 7) is 6.38. The number of halogens is 1. The summed E-state index contributed by atoms with van der Waals surface area (Å²) in [5.74, 6) is 1.82. The van der Waals surface area contributed by atoms with Gasteiger partial charge in [-0.15, -0.1) is 0 Å². The number of benzene rings is 1. The average molecular weight is 249 g/mol. The van der Waals surface area contributed by atoms with Gasteiger partial charge in [0.15, 0.2) is 0 Å². The molecule has 1 saturated carbocycles. The van der Waals surface area contributed by atoms with Crippen LogP contribution in [0.2, 0.25) is 0 Å². The van der Waals surface area contributed by atoms with Crippen molar-refractivity contribution in [1.82, 2.24) is 0 Å². The highest BCUT2D eigenvalue weighted by atomic mass is 19.1. The summed E-state index contributed by atoms with van der Waals surface area (Å²) in [5, 5.41) is 0. The Bertz CT molecular complexity index is 406. The second-order valence-corrected chi connectivity index (χ2v) is 6.21. The highest BCUT2D eigenvalue weighted by Crippen LogP contribution is 2.38. The van der Waals surface area contributed by atoms with E-state index in [1.54, 1.807) is 13.0 Å². The third-order valence-electron chi connectivity index (χ3n) is 4.30. The highest BCUT2D eigenvalue weighted by molar-refractivity contribution is 5.26. The van der Waals surface area contributed by atoms with Crippen LogP contribution in [0.25, 0.3) is 0 Å². The Labute approximate surface area is 110 Å². The molecular formula is C16H24FN. The number of aryl methyl sites for hydroxylation is 1. The SMILES string of the molecule is Cc1ccc(C(N)C2CC(C)CC(C)C2)cc1F. The van der Waals surface area contributed by atoms with E-state index in [2.05, 4.69) is 13.8 Å². The average Bonchev–Trinajstić information content (AvgIpc) is 2.30. The van der Waals surface area contributed by atoms with Gasteiger partial charge < -0.3 is 5.73 Å². The molecule has 100 valence electrons. The van der Waals surface area contributed by atoms with Gasteiger partial charge in [-0.2, -0.15) is 0 Å². The fourth-order valence-electron chi connectivity index (χ4n) is 3.39. The summed E-state index contributed by atoms with van der Waals surface area (Å²) in [5.41, 5.74) is 7.99. The van der Waals surface area contributed by atoms with Crippen molar-refractivity contribution >= 4 is 0 Å². The molecule has 18 heavy (non-hydrogen) atoms. The molecule has 0 radical (unpaired) electrons. The van der Waals surface area contributed by atoms with E-state index in [1.165, 1.54) is 19.3 Å². The predicted molar refractivity (Wildman–Crippen MR) is 73.7 cm³/mol. The molecule has 0 aliphatic heterocycles. The van der Waals surface area contributed by atoms with Gasteiger partial charge in [-0.1, -0.05) is 26.0 Å². The number of nitrogens with two attached hydrogens (primary N) is 1. The minimum Gasteiger partial charge on any atom is -0.324 e. The fraction of sp³-hybridized carbons (Fsp3) is 0.625. The van der Waals surface area contributed by atoms with Crippen molar-refractivity contribution in [2.75, 3.05) is 0 Å². The normalized spacial score (nSPS) is 30.2. The zero-order chi connectivity index (χ0) is 13.3. The van der Waals surface area contributed by atoms with Gasteiger partial charge >= 0.3 is 0 Å². The number of hydrogen-bond acceptors (Lipinski definition) is 1. The second kappa shape index (κ2) is 5.40. The molecule has 3 atom stereocenters. The van der Waals surface area contributed by atoms with Gasteiger partial charge in [0.2, 0.25) is 0 Å². The van der Waals surface area contributed by atoms with E-state index >= 15 is 0 Å². The lowest BCUT2D eigenvalue weighted by atomic mass is 9.72. The van der Waals surface area contributed by atoms with Crippen LogP contribution in [0.4, 0.5) is 4.39 Å². The first-order chi connectivity index (χ1) is 8.47. The first-order valence-corrected chi connectivity index (χ1v) is 6.99. The van der Waals surface area contributed by atoms with Crippen molar-refractivity contribution in [3.05, 3.63) is 35.1 Å². The molecular weight excluding hydrogens is 225 g/mol. The maximum absolute atomic E-state index is 13.6. The molecule has 1 nitrogen and oxygen atoms in total. The topological polar surface area (TPSA) is 26.0 Å². The Morgan fingerprint density at radius 1 is 1.17 bits per heavy atom. The van der Waals surface area contributed by atoms with Crippen LogP contribution in [-0.2, 0) is 0 Å². The zero-order valence-corrected chi connectivity index (χ0v) is 11.6. The van der Waals surface area contributed by atoms with E-state index < -0.39 is 0 Å². The van der Waals surface area contributed by atoms with Gasteiger partial charge in [0.1, 0.15) is 5.82 Å². The molecule has 1 fully saturated rings. The molecule has 0 bridgehead atoms. The van der Waals surface area contributed by atoms with Gasteiger partial charge in [-0.25, -0.2) is 4.39 Å². The maximum atomic E-state index is 13.6. The van der Waals surface area contributed by atoms with E-state index in [0.29, 0.717) is 11.5 Å². The van der Waals surface area contributed by atoms with Gasteiger partial charge in [0, 0.05) is 6.04 Å². The third kappa shape index (κ3) is 2.92. The van der Waals surface area contributed by atoms with Gasteiger partial charge in [0.05, 0.1) is 0 Å². The van der Waals surface area contributed by atoms with E-state index in [9.17, 15) is 4.39 Å². The Kier molecular flexibility index (Phi) is 4.06. The standard InChI is InChI=1S/C16H24FN/c1-10-6-11(2)8-14(7-10)16(18)13-5-4-12(3)15(17)9-13/h4-5,9-11,14,16H,6-8,18H2,1-3H3. The summed E-state index contributed by atoms with van der Waals surface area (Å²) >= 11 is 0. The molecule has 3 unspecified atom stereocenters. The van der Waals surface area contributed by atoms with E-state index in [0.717, 1.165) is 17.4 Å². The van der Waals surface area contributed by atoms with E-state index in [1.807, 2.05) is 12.1 Å². The molecule has 2 N–H and O–H groups in total. The van der Waals surface area contributed by atoms with Gasteiger partial charge in [-0.3, -0.25) is 0 Å². The van der Waals surface area contributed by atoms with Crippen molar-refractivity contribution in [2.24, 2.45) is 23.5 Å². The lowest BCUT2D eigenvalue weighted by Gasteiger charge is -2.35. The summed E-state index contributed by atoms with van der Waals surface area (Å²) in [4.78, 5) is 0. The Morgan fingerprint density at radius 3 is 2.33 bits per heavy atom. The Balaban J connectivity index is 2.14. The molecule has 1 aliphatic rings. The van der Waals surface area contributed by atoms with Crippen LogP contribution in [0.1, 0.15) is 50.3 Å².